The number of hydrogen-bond acceptors (Lipinski definition) is 5. The predicted octanol–water partition coefficient (Wildman–Crippen LogP) is 3.22. The predicted molar refractivity (Wildman–Crippen MR) is 85.4 cm³/mol. The maximum atomic E-state index is 12.7. The van der Waals surface area contributed by atoms with Gasteiger partial charge < -0.3 is 15.4 Å². The number of piperidine rings is 1. The van der Waals surface area contributed by atoms with Gasteiger partial charge in [-0.15, -0.1) is 0 Å². The molecule has 0 saturated carbocycles. The van der Waals surface area contributed by atoms with Crippen molar-refractivity contribution < 1.29 is 17.9 Å². The van der Waals surface area contributed by atoms with Gasteiger partial charge in [-0.1, -0.05) is 12.1 Å². The third-order valence-electron chi connectivity index (χ3n) is 4.73. The fraction of sp³-hybridized carbons (Fsp3) is 0.412. The Labute approximate surface area is 142 Å². The lowest BCUT2D eigenvalue weighted by atomic mass is 9.81. The lowest BCUT2D eigenvalue weighted by Crippen LogP contribution is -2.57. The third-order valence-corrected chi connectivity index (χ3v) is 4.73. The second-order valence-corrected chi connectivity index (χ2v) is 6.39. The van der Waals surface area contributed by atoms with Crippen molar-refractivity contribution in [2.24, 2.45) is 0 Å². The zero-order valence-electron chi connectivity index (χ0n) is 13.3. The van der Waals surface area contributed by atoms with Crippen LogP contribution >= 0.6 is 0 Å². The Morgan fingerprint density at radius 1 is 1.20 bits per heavy atom. The van der Waals surface area contributed by atoms with Crippen LogP contribution in [0.15, 0.2) is 36.5 Å². The van der Waals surface area contributed by atoms with Gasteiger partial charge in [0.05, 0.1) is 6.61 Å². The molecular weight excluding hydrogens is 333 g/mol. The van der Waals surface area contributed by atoms with Gasteiger partial charge in [0.2, 0.25) is 5.82 Å². The number of halogens is 3. The highest BCUT2D eigenvalue weighted by atomic mass is 19.4. The van der Waals surface area contributed by atoms with Crippen molar-refractivity contribution in [3.05, 3.63) is 47.9 Å². The summed E-state index contributed by atoms with van der Waals surface area (Å²) in [7, 11) is 0. The van der Waals surface area contributed by atoms with Gasteiger partial charge in [0, 0.05) is 24.5 Å². The number of benzene rings is 1. The van der Waals surface area contributed by atoms with Gasteiger partial charge in [0.25, 0.3) is 0 Å². The molecule has 4 heterocycles. The molecule has 2 aromatic rings. The van der Waals surface area contributed by atoms with Gasteiger partial charge >= 0.3 is 6.18 Å². The summed E-state index contributed by atoms with van der Waals surface area (Å²) in [6.07, 6.45) is -1.42. The fourth-order valence-corrected chi connectivity index (χ4v) is 3.33. The molecule has 3 aliphatic rings. The van der Waals surface area contributed by atoms with E-state index in [0.717, 1.165) is 31.1 Å². The van der Waals surface area contributed by atoms with E-state index < -0.39 is 12.0 Å². The summed E-state index contributed by atoms with van der Waals surface area (Å²) in [4.78, 5) is 6.76. The molecule has 3 aliphatic heterocycles. The van der Waals surface area contributed by atoms with Gasteiger partial charge in [-0.2, -0.15) is 13.2 Å². The summed E-state index contributed by atoms with van der Waals surface area (Å²) in [5.41, 5.74) is 1.43. The summed E-state index contributed by atoms with van der Waals surface area (Å²) in [5, 5.41) is 6.35. The molecule has 5 nitrogen and oxygen atoms in total. The largest absolute Gasteiger partial charge is 0.451 e. The molecule has 0 spiro atoms. The highest BCUT2D eigenvalue weighted by Crippen LogP contribution is 2.38. The van der Waals surface area contributed by atoms with Crippen molar-refractivity contribution in [1.29, 1.82) is 0 Å². The van der Waals surface area contributed by atoms with E-state index in [4.69, 9.17) is 4.74 Å². The first kappa shape index (κ1) is 16.3. The van der Waals surface area contributed by atoms with Crippen LogP contribution in [0.25, 0.3) is 0 Å². The molecule has 1 aromatic heterocycles. The van der Waals surface area contributed by atoms with E-state index in [2.05, 4.69) is 20.6 Å². The standard InChI is InChI=1S/C17H17F3N4O/c18-17(19,20)15-21-8-6-14(24-15)23-12-3-1-11(2-4-12)16-7-5-13(9-25-16)22-10-16/h1-4,6,8,13,22H,5,7,9-10H2,(H,21,23,24). The molecule has 2 unspecified atom stereocenters. The summed E-state index contributed by atoms with van der Waals surface area (Å²) in [5.74, 6) is -1.06. The Morgan fingerprint density at radius 3 is 2.60 bits per heavy atom. The Bertz CT molecular complexity index is 741. The van der Waals surface area contributed by atoms with Gasteiger partial charge in [-0.25, -0.2) is 9.97 Å². The van der Waals surface area contributed by atoms with Gasteiger partial charge in [0.1, 0.15) is 11.4 Å². The minimum atomic E-state index is -4.56. The van der Waals surface area contributed by atoms with E-state index in [1.807, 2.05) is 24.3 Å². The summed E-state index contributed by atoms with van der Waals surface area (Å²) in [6.45, 7) is 1.49. The molecule has 132 valence electrons. The Balaban J connectivity index is 1.51. The number of hydrogen-bond donors (Lipinski definition) is 2. The van der Waals surface area contributed by atoms with Crippen LogP contribution in [-0.4, -0.2) is 29.2 Å². The number of anilines is 2. The van der Waals surface area contributed by atoms with E-state index >= 15 is 0 Å². The summed E-state index contributed by atoms with van der Waals surface area (Å²) in [6, 6.07) is 9.39. The van der Waals surface area contributed by atoms with Crippen LogP contribution in [0, 0.1) is 0 Å². The second-order valence-electron chi connectivity index (χ2n) is 6.39. The van der Waals surface area contributed by atoms with Crippen molar-refractivity contribution in [1.82, 2.24) is 15.3 Å². The van der Waals surface area contributed by atoms with Crippen molar-refractivity contribution >= 4 is 11.5 Å². The first-order valence-corrected chi connectivity index (χ1v) is 8.10. The van der Waals surface area contributed by atoms with Crippen LogP contribution in [-0.2, 0) is 16.5 Å². The molecule has 0 amide bonds. The topological polar surface area (TPSA) is 59.1 Å². The molecule has 2 atom stereocenters. The molecule has 25 heavy (non-hydrogen) atoms. The molecule has 2 bridgehead atoms. The number of aromatic nitrogens is 2. The monoisotopic (exact) mass is 350 g/mol. The first-order valence-electron chi connectivity index (χ1n) is 8.10. The Morgan fingerprint density at radius 2 is 2.00 bits per heavy atom. The van der Waals surface area contributed by atoms with E-state index in [1.54, 1.807) is 0 Å². The van der Waals surface area contributed by atoms with E-state index in [9.17, 15) is 13.2 Å². The summed E-state index contributed by atoms with van der Waals surface area (Å²) < 4.78 is 44.1. The van der Waals surface area contributed by atoms with E-state index in [1.165, 1.54) is 6.07 Å². The molecular formula is C17H17F3N4O. The molecule has 0 aliphatic carbocycles. The van der Waals surface area contributed by atoms with Gasteiger partial charge in [-0.3, -0.25) is 0 Å². The quantitative estimate of drug-likeness (QED) is 0.890. The van der Waals surface area contributed by atoms with Crippen molar-refractivity contribution in [3.8, 4) is 0 Å². The Kier molecular flexibility index (Phi) is 3.88. The number of fused-ring (bicyclic) bond motifs is 3. The second kappa shape index (κ2) is 5.96. The number of morpholine rings is 1. The number of nitrogens with zero attached hydrogens (tertiary/aromatic N) is 2. The van der Waals surface area contributed by atoms with Crippen LogP contribution in [0.4, 0.5) is 24.7 Å². The summed E-state index contributed by atoms with van der Waals surface area (Å²) >= 11 is 0. The number of ether oxygens (including phenoxy) is 1. The van der Waals surface area contributed by atoms with Crippen LogP contribution in [0.1, 0.15) is 24.2 Å². The van der Waals surface area contributed by atoms with Gasteiger partial charge in [0.15, 0.2) is 0 Å². The van der Waals surface area contributed by atoms with Crippen molar-refractivity contribution in [3.63, 3.8) is 0 Å². The maximum absolute atomic E-state index is 12.7. The van der Waals surface area contributed by atoms with Crippen LogP contribution in [0.3, 0.4) is 0 Å². The molecule has 0 radical (unpaired) electrons. The van der Waals surface area contributed by atoms with E-state index in [-0.39, 0.29) is 11.4 Å². The Hall–Kier alpha value is -2.19. The lowest BCUT2D eigenvalue weighted by Gasteiger charge is -2.47. The number of nitrogens with one attached hydrogen (secondary N) is 2. The fourth-order valence-electron chi connectivity index (χ4n) is 3.33. The SMILES string of the molecule is FC(F)(F)c1nccc(Nc2ccc(C34CCC(CO3)NC4)cc2)n1. The minimum absolute atomic E-state index is 0.101. The minimum Gasteiger partial charge on any atom is -0.367 e. The zero-order valence-corrected chi connectivity index (χ0v) is 13.3. The zero-order chi connectivity index (χ0) is 17.5. The van der Waals surface area contributed by atoms with Crippen molar-refractivity contribution in [2.45, 2.75) is 30.7 Å². The molecule has 5 rings (SSSR count). The van der Waals surface area contributed by atoms with Gasteiger partial charge in [-0.05, 0) is 36.6 Å². The van der Waals surface area contributed by atoms with Crippen LogP contribution < -0.4 is 10.6 Å². The molecule has 3 saturated heterocycles. The average molecular weight is 350 g/mol. The lowest BCUT2D eigenvalue weighted by molar-refractivity contribution is -0.144. The van der Waals surface area contributed by atoms with Crippen LogP contribution in [0.2, 0.25) is 0 Å². The molecule has 1 aromatic carbocycles. The van der Waals surface area contributed by atoms with Crippen molar-refractivity contribution in [2.75, 3.05) is 18.5 Å². The molecule has 8 heteroatoms. The smallest absolute Gasteiger partial charge is 0.367 e. The normalized spacial score (nSPS) is 25.8. The molecule has 3 fully saturated rings. The number of rotatable bonds is 3. The third kappa shape index (κ3) is 3.19. The van der Waals surface area contributed by atoms with E-state index in [0.29, 0.717) is 18.3 Å². The number of alkyl halides is 3. The molecule has 2 N–H and O–H groups in total. The first-order chi connectivity index (χ1) is 11.9. The maximum Gasteiger partial charge on any atom is 0.451 e. The highest BCUT2D eigenvalue weighted by Gasteiger charge is 2.42. The average Bonchev–Trinajstić information content (AvgIpc) is 2.63. The highest BCUT2D eigenvalue weighted by molar-refractivity contribution is 5.56. The van der Waals surface area contributed by atoms with Crippen LogP contribution in [0.5, 0.6) is 0 Å².